The first kappa shape index (κ1) is 19.0. The molecule has 3 aromatic rings. The van der Waals surface area contributed by atoms with Crippen molar-refractivity contribution in [3.8, 4) is 0 Å². The first-order valence-corrected chi connectivity index (χ1v) is 11.5. The SMILES string of the molecule is Cc1cnc2nc(C3(c4ccc5c(c4)CCCN5C(=O)[C@H]4CCCO4)CCC3)[nH]c2c1. The van der Waals surface area contributed by atoms with Gasteiger partial charge < -0.3 is 14.6 Å². The summed E-state index contributed by atoms with van der Waals surface area (Å²) >= 11 is 0. The molecule has 1 saturated heterocycles. The normalized spacial score (nSPS) is 22.4. The Morgan fingerprint density at radius 1 is 1.23 bits per heavy atom. The Morgan fingerprint density at radius 2 is 2.13 bits per heavy atom. The number of nitrogens with zero attached hydrogens (tertiary/aromatic N) is 3. The number of aromatic amines is 1. The standard InChI is InChI=1S/C25H28N4O2/c1-16-13-19-22(26-15-16)28-24(27-19)25(9-4-10-25)18-7-8-20-17(14-18)5-2-11-29(20)23(30)21-6-3-12-31-21/h7-8,13-15,21H,2-6,9-12H2,1H3,(H,26,27,28)/t21-/m1/s1. The van der Waals surface area contributed by atoms with E-state index in [4.69, 9.17) is 9.72 Å². The number of H-pyrrole nitrogens is 1. The number of rotatable bonds is 3. The van der Waals surface area contributed by atoms with E-state index in [2.05, 4.69) is 41.2 Å². The number of fused-ring (bicyclic) bond motifs is 2. The van der Waals surface area contributed by atoms with Crippen molar-refractivity contribution < 1.29 is 9.53 Å². The van der Waals surface area contributed by atoms with E-state index < -0.39 is 0 Å². The van der Waals surface area contributed by atoms with E-state index in [0.717, 1.165) is 73.3 Å². The number of carbonyl (C=O) groups excluding carboxylic acids is 1. The third-order valence-corrected chi connectivity index (χ3v) is 7.36. The molecule has 2 aliphatic heterocycles. The highest BCUT2D eigenvalue weighted by Gasteiger charge is 2.44. The summed E-state index contributed by atoms with van der Waals surface area (Å²) in [4.78, 5) is 28.0. The third kappa shape index (κ3) is 2.99. The van der Waals surface area contributed by atoms with Crippen LogP contribution in [0.2, 0.25) is 0 Å². The second kappa shape index (κ2) is 7.16. The molecule has 1 aromatic carbocycles. The molecule has 6 heteroatoms. The summed E-state index contributed by atoms with van der Waals surface area (Å²) in [5.41, 5.74) is 6.49. The number of pyridine rings is 1. The Bertz CT molecular complexity index is 1160. The van der Waals surface area contributed by atoms with Crippen molar-refractivity contribution in [3.63, 3.8) is 0 Å². The smallest absolute Gasteiger partial charge is 0.256 e. The molecule has 1 saturated carbocycles. The highest BCUT2D eigenvalue weighted by Crippen LogP contribution is 2.49. The van der Waals surface area contributed by atoms with Crippen LogP contribution in [0.25, 0.3) is 11.2 Å². The van der Waals surface area contributed by atoms with Crippen LogP contribution in [-0.2, 0) is 21.4 Å². The predicted molar refractivity (Wildman–Crippen MR) is 119 cm³/mol. The molecule has 160 valence electrons. The van der Waals surface area contributed by atoms with Crippen molar-refractivity contribution in [3.05, 3.63) is 53.0 Å². The molecule has 1 amide bonds. The van der Waals surface area contributed by atoms with Crippen LogP contribution >= 0.6 is 0 Å². The highest BCUT2D eigenvalue weighted by atomic mass is 16.5. The number of imidazole rings is 1. The van der Waals surface area contributed by atoms with Gasteiger partial charge in [-0.1, -0.05) is 18.6 Å². The molecule has 0 unspecified atom stereocenters. The minimum atomic E-state index is -0.268. The molecule has 1 atom stereocenters. The van der Waals surface area contributed by atoms with E-state index in [9.17, 15) is 4.79 Å². The minimum absolute atomic E-state index is 0.0789. The minimum Gasteiger partial charge on any atom is -0.368 e. The van der Waals surface area contributed by atoms with Gasteiger partial charge in [0.05, 0.1) is 10.9 Å². The number of hydrogen-bond acceptors (Lipinski definition) is 4. The molecule has 4 heterocycles. The number of benzene rings is 1. The van der Waals surface area contributed by atoms with Crippen molar-refractivity contribution in [2.45, 2.75) is 63.4 Å². The first-order chi connectivity index (χ1) is 15.1. The average Bonchev–Trinajstić information content (AvgIpc) is 3.42. The number of nitrogens with one attached hydrogen (secondary N) is 1. The summed E-state index contributed by atoms with van der Waals surface area (Å²) in [5.74, 6) is 1.15. The van der Waals surface area contributed by atoms with Gasteiger partial charge in [0.15, 0.2) is 5.65 Å². The lowest BCUT2D eigenvalue weighted by molar-refractivity contribution is -0.127. The van der Waals surface area contributed by atoms with Crippen molar-refractivity contribution in [1.29, 1.82) is 0 Å². The van der Waals surface area contributed by atoms with E-state index in [0.29, 0.717) is 6.61 Å². The molecule has 1 aliphatic carbocycles. The van der Waals surface area contributed by atoms with E-state index in [-0.39, 0.29) is 17.4 Å². The van der Waals surface area contributed by atoms with E-state index >= 15 is 0 Å². The van der Waals surface area contributed by atoms with Crippen molar-refractivity contribution >= 4 is 22.8 Å². The van der Waals surface area contributed by atoms with Gasteiger partial charge >= 0.3 is 0 Å². The van der Waals surface area contributed by atoms with Crippen molar-refractivity contribution in [2.24, 2.45) is 0 Å². The van der Waals surface area contributed by atoms with Gasteiger partial charge in [-0.2, -0.15) is 0 Å². The van der Waals surface area contributed by atoms with Crippen molar-refractivity contribution in [2.75, 3.05) is 18.1 Å². The van der Waals surface area contributed by atoms with Crippen LogP contribution in [0, 0.1) is 6.92 Å². The molecule has 1 N–H and O–H groups in total. The number of ether oxygens (including phenoxy) is 1. The van der Waals surface area contributed by atoms with Crippen LogP contribution in [-0.4, -0.2) is 40.1 Å². The first-order valence-electron chi connectivity index (χ1n) is 11.5. The summed E-state index contributed by atoms with van der Waals surface area (Å²) in [6.45, 7) is 3.54. The Hall–Kier alpha value is -2.73. The number of aromatic nitrogens is 3. The van der Waals surface area contributed by atoms with Gasteiger partial charge in [-0.3, -0.25) is 4.79 Å². The fourth-order valence-electron chi connectivity index (χ4n) is 5.49. The van der Waals surface area contributed by atoms with Crippen LogP contribution in [0.5, 0.6) is 0 Å². The number of carbonyl (C=O) groups is 1. The molecular formula is C25H28N4O2. The Balaban J connectivity index is 1.37. The lowest BCUT2D eigenvalue weighted by Gasteiger charge is -2.41. The average molecular weight is 417 g/mol. The van der Waals surface area contributed by atoms with Gasteiger partial charge in [-0.15, -0.1) is 0 Å². The van der Waals surface area contributed by atoms with E-state index in [1.54, 1.807) is 0 Å². The fraction of sp³-hybridized carbons (Fsp3) is 0.480. The lowest BCUT2D eigenvalue weighted by Crippen LogP contribution is -2.42. The quantitative estimate of drug-likeness (QED) is 0.695. The summed E-state index contributed by atoms with van der Waals surface area (Å²) in [7, 11) is 0. The van der Waals surface area contributed by atoms with Gasteiger partial charge in [0, 0.05) is 25.0 Å². The maximum atomic E-state index is 13.0. The third-order valence-electron chi connectivity index (χ3n) is 7.36. The summed E-state index contributed by atoms with van der Waals surface area (Å²) in [5, 5.41) is 0. The maximum Gasteiger partial charge on any atom is 0.256 e. The maximum absolute atomic E-state index is 13.0. The molecule has 6 nitrogen and oxygen atoms in total. The number of anilines is 1. The summed E-state index contributed by atoms with van der Waals surface area (Å²) < 4.78 is 5.67. The predicted octanol–water partition coefficient (Wildman–Crippen LogP) is 4.19. The molecular weight excluding hydrogens is 388 g/mol. The van der Waals surface area contributed by atoms with E-state index in [1.165, 1.54) is 17.5 Å². The van der Waals surface area contributed by atoms with Gasteiger partial charge in [-0.25, -0.2) is 9.97 Å². The molecule has 0 radical (unpaired) electrons. The number of amides is 1. The topological polar surface area (TPSA) is 71.1 Å². The number of hydrogen-bond donors (Lipinski definition) is 1. The molecule has 2 fully saturated rings. The van der Waals surface area contributed by atoms with Crippen LogP contribution < -0.4 is 4.90 Å². The van der Waals surface area contributed by atoms with E-state index in [1.807, 2.05) is 11.1 Å². The van der Waals surface area contributed by atoms with Crippen molar-refractivity contribution in [1.82, 2.24) is 15.0 Å². The second-order valence-corrected chi connectivity index (χ2v) is 9.34. The van der Waals surface area contributed by atoms with Gasteiger partial charge in [0.1, 0.15) is 11.9 Å². The largest absolute Gasteiger partial charge is 0.368 e. The van der Waals surface area contributed by atoms with Gasteiger partial charge in [0.25, 0.3) is 5.91 Å². The zero-order chi connectivity index (χ0) is 21.0. The fourth-order valence-corrected chi connectivity index (χ4v) is 5.49. The molecule has 0 spiro atoms. The molecule has 3 aliphatic rings. The zero-order valence-corrected chi connectivity index (χ0v) is 18.0. The molecule has 31 heavy (non-hydrogen) atoms. The Labute approximate surface area is 182 Å². The highest BCUT2D eigenvalue weighted by molar-refractivity contribution is 5.97. The molecule has 0 bridgehead atoms. The molecule has 2 aromatic heterocycles. The van der Waals surface area contributed by atoms with Crippen LogP contribution in [0.15, 0.2) is 30.5 Å². The van der Waals surface area contributed by atoms with Crippen LogP contribution in [0.3, 0.4) is 0 Å². The zero-order valence-electron chi connectivity index (χ0n) is 18.0. The molecule has 6 rings (SSSR count). The lowest BCUT2D eigenvalue weighted by atomic mass is 9.63. The summed E-state index contributed by atoms with van der Waals surface area (Å²) in [6, 6.07) is 8.81. The monoisotopic (exact) mass is 416 g/mol. The summed E-state index contributed by atoms with van der Waals surface area (Å²) in [6.07, 6.45) is 8.80. The van der Waals surface area contributed by atoms with Crippen LogP contribution in [0.1, 0.15) is 61.0 Å². The van der Waals surface area contributed by atoms with Gasteiger partial charge in [0.2, 0.25) is 0 Å². The Morgan fingerprint density at radius 3 is 2.90 bits per heavy atom. The second-order valence-electron chi connectivity index (χ2n) is 9.34. The van der Waals surface area contributed by atoms with Gasteiger partial charge in [-0.05, 0) is 74.3 Å². The Kier molecular flexibility index (Phi) is 4.39. The number of aryl methyl sites for hydroxylation is 2. The van der Waals surface area contributed by atoms with Crippen LogP contribution in [0.4, 0.5) is 5.69 Å².